The molecule has 0 aromatic heterocycles. The Hall–Kier alpha value is -0.990. The zero-order valence-corrected chi connectivity index (χ0v) is 10.3. The van der Waals surface area contributed by atoms with Gasteiger partial charge < -0.3 is 10.5 Å². The summed E-state index contributed by atoms with van der Waals surface area (Å²) in [6, 6.07) is 5.98. The van der Waals surface area contributed by atoms with Crippen molar-refractivity contribution in [3.05, 3.63) is 41.4 Å². The van der Waals surface area contributed by atoms with Crippen LogP contribution < -0.4 is 10.5 Å². The van der Waals surface area contributed by atoms with Crippen LogP contribution >= 0.6 is 11.6 Å². The molecule has 1 aromatic carbocycles. The number of hydrogen-bond acceptors (Lipinski definition) is 2. The van der Waals surface area contributed by atoms with Gasteiger partial charge >= 0.3 is 0 Å². The van der Waals surface area contributed by atoms with Crippen LogP contribution in [0.25, 0.3) is 0 Å². The fourth-order valence-electron chi connectivity index (χ4n) is 1.38. The minimum atomic E-state index is 0.191. The van der Waals surface area contributed by atoms with Crippen molar-refractivity contribution in [3.63, 3.8) is 0 Å². The molecule has 1 unspecified atom stereocenters. The molecule has 0 amide bonds. The highest BCUT2D eigenvalue weighted by Crippen LogP contribution is 2.26. The predicted molar refractivity (Wildman–Crippen MR) is 69.1 cm³/mol. The Morgan fingerprint density at radius 3 is 2.88 bits per heavy atom. The maximum absolute atomic E-state index is 6.09. The third kappa shape index (κ3) is 3.87. The van der Waals surface area contributed by atoms with Crippen molar-refractivity contribution in [2.24, 2.45) is 5.73 Å². The summed E-state index contributed by atoms with van der Waals surface area (Å²) in [6.45, 7) is 6.13. The van der Waals surface area contributed by atoms with E-state index >= 15 is 0 Å². The molecule has 88 valence electrons. The van der Waals surface area contributed by atoms with E-state index < -0.39 is 0 Å². The fourth-order valence-corrected chi connectivity index (χ4v) is 1.64. The van der Waals surface area contributed by atoms with E-state index in [2.05, 4.69) is 13.5 Å². The molecule has 0 heterocycles. The third-order valence-electron chi connectivity index (χ3n) is 2.38. The van der Waals surface area contributed by atoms with Gasteiger partial charge in [-0.3, -0.25) is 0 Å². The van der Waals surface area contributed by atoms with Gasteiger partial charge in [0.15, 0.2) is 0 Å². The normalized spacial score (nSPS) is 12.2. The Bertz CT molecular complexity index is 352. The zero-order valence-electron chi connectivity index (χ0n) is 9.58. The summed E-state index contributed by atoms with van der Waals surface area (Å²) in [5.74, 6) is 0.690. The lowest BCUT2D eigenvalue weighted by molar-refractivity contribution is 0.363. The molecule has 0 aliphatic heterocycles. The van der Waals surface area contributed by atoms with Crippen LogP contribution in [-0.2, 0) is 6.42 Å². The predicted octanol–water partition coefficient (Wildman–Crippen LogP) is 3.18. The molecule has 16 heavy (non-hydrogen) atoms. The van der Waals surface area contributed by atoms with Crippen LogP contribution in [0.1, 0.15) is 18.9 Å². The number of halogens is 1. The Labute approximate surface area is 102 Å². The number of nitrogens with two attached hydrogens (primary N) is 1. The minimum Gasteiger partial charge on any atom is -0.488 e. The third-order valence-corrected chi connectivity index (χ3v) is 2.67. The van der Waals surface area contributed by atoms with E-state index in [9.17, 15) is 0 Å². The van der Waals surface area contributed by atoms with E-state index in [-0.39, 0.29) is 6.04 Å². The van der Waals surface area contributed by atoms with Gasteiger partial charge in [0.1, 0.15) is 12.4 Å². The van der Waals surface area contributed by atoms with Gasteiger partial charge in [-0.2, -0.15) is 0 Å². The summed E-state index contributed by atoms with van der Waals surface area (Å²) in [5, 5.41) is 0.627. The van der Waals surface area contributed by atoms with Crippen molar-refractivity contribution in [2.75, 3.05) is 6.61 Å². The first-order valence-corrected chi connectivity index (χ1v) is 5.82. The highest BCUT2D eigenvalue weighted by Gasteiger charge is 2.05. The van der Waals surface area contributed by atoms with Gasteiger partial charge in [0.2, 0.25) is 0 Å². The molecule has 0 fully saturated rings. The van der Waals surface area contributed by atoms with E-state index in [1.807, 2.05) is 18.2 Å². The molecule has 1 rings (SSSR count). The van der Waals surface area contributed by atoms with E-state index in [1.54, 1.807) is 6.08 Å². The second-order valence-electron chi connectivity index (χ2n) is 3.74. The Kier molecular flexibility index (Phi) is 5.36. The molecule has 0 aliphatic rings. The van der Waals surface area contributed by atoms with Crippen LogP contribution in [0, 0.1) is 0 Å². The lowest BCUT2D eigenvalue weighted by atomic mass is 10.0. The second kappa shape index (κ2) is 6.56. The van der Waals surface area contributed by atoms with Gasteiger partial charge in [0.25, 0.3) is 0 Å². The fraction of sp³-hybridized carbons (Fsp3) is 0.385. The largest absolute Gasteiger partial charge is 0.488 e. The average Bonchev–Trinajstić information content (AvgIpc) is 2.28. The van der Waals surface area contributed by atoms with Crippen molar-refractivity contribution in [2.45, 2.75) is 25.8 Å². The number of benzene rings is 1. The van der Waals surface area contributed by atoms with Gasteiger partial charge in [-0.15, -0.1) is 0 Å². The lowest BCUT2D eigenvalue weighted by Gasteiger charge is -2.11. The van der Waals surface area contributed by atoms with Gasteiger partial charge in [0.05, 0.1) is 5.02 Å². The summed E-state index contributed by atoms with van der Waals surface area (Å²) < 4.78 is 5.39. The topological polar surface area (TPSA) is 35.2 Å². The van der Waals surface area contributed by atoms with E-state index in [4.69, 9.17) is 22.1 Å². The zero-order chi connectivity index (χ0) is 12.0. The SMILES string of the molecule is C=CCOc1ccc(CC(N)CC)cc1Cl. The molecular weight excluding hydrogens is 222 g/mol. The van der Waals surface area contributed by atoms with E-state index in [0.29, 0.717) is 17.4 Å². The summed E-state index contributed by atoms with van der Waals surface area (Å²) in [5.41, 5.74) is 7.03. The van der Waals surface area contributed by atoms with E-state index in [0.717, 1.165) is 18.4 Å². The van der Waals surface area contributed by atoms with Gasteiger partial charge in [-0.05, 0) is 30.5 Å². The number of rotatable bonds is 6. The molecule has 3 heteroatoms. The standard InChI is InChI=1S/C13H18ClNO/c1-3-7-16-13-6-5-10(9-12(13)14)8-11(15)4-2/h3,5-6,9,11H,1,4,7-8,15H2,2H3. The first kappa shape index (κ1) is 13.1. The molecular formula is C13H18ClNO. The van der Waals surface area contributed by atoms with Gasteiger partial charge in [-0.25, -0.2) is 0 Å². The first-order chi connectivity index (χ1) is 7.67. The molecule has 1 aromatic rings. The molecule has 0 saturated carbocycles. The van der Waals surface area contributed by atoms with Crippen molar-refractivity contribution >= 4 is 11.6 Å². The highest BCUT2D eigenvalue weighted by molar-refractivity contribution is 6.32. The quantitative estimate of drug-likeness (QED) is 0.774. The van der Waals surface area contributed by atoms with Gasteiger partial charge in [-0.1, -0.05) is 37.2 Å². The molecule has 0 bridgehead atoms. The Morgan fingerprint density at radius 1 is 1.56 bits per heavy atom. The van der Waals surface area contributed by atoms with Crippen LogP contribution in [0.3, 0.4) is 0 Å². The Balaban J connectivity index is 2.70. The first-order valence-electron chi connectivity index (χ1n) is 5.45. The molecule has 0 aliphatic carbocycles. The molecule has 0 radical (unpaired) electrons. The summed E-state index contributed by atoms with van der Waals surface area (Å²) >= 11 is 6.09. The maximum atomic E-state index is 6.09. The highest BCUT2D eigenvalue weighted by atomic mass is 35.5. The number of hydrogen-bond donors (Lipinski definition) is 1. The summed E-state index contributed by atoms with van der Waals surface area (Å²) in [7, 11) is 0. The van der Waals surface area contributed by atoms with Crippen LogP contribution in [-0.4, -0.2) is 12.6 Å². The van der Waals surface area contributed by atoms with Crippen LogP contribution in [0.2, 0.25) is 5.02 Å². The van der Waals surface area contributed by atoms with Crippen LogP contribution in [0.15, 0.2) is 30.9 Å². The van der Waals surface area contributed by atoms with Crippen molar-refractivity contribution in [1.82, 2.24) is 0 Å². The minimum absolute atomic E-state index is 0.191. The van der Waals surface area contributed by atoms with Crippen molar-refractivity contribution in [3.8, 4) is 5.75 Å². The molecule has 0 spiro atoms. The summed E-state index contributed by atoms with van der Waals surface area (Å²) in [4.78, 5) is 0. The smallest absolute Gasteiger partial charge is 0.138 e. The van der Waals surface area contributed by atoms with E-state index in [1.165, 1.54) is 0 Å². The van der Waals surface area contributed by atoms with Crippen molar-refractivity contribution < 1.29 is 4.74 Å². The molecule has 1 atom stereocenters. The van der Waals surface area contributed by atoms with Crippen LogP contribution in [0.5, 0.6) is 5.75 Å². The molecule has 0 saturated heterocycles. The lowest BCUT2D eigenvalue weighted by Crippen LogP contribution is -2.21. The van der Waals surface area contributed by atoms with Gasteiger partial charge in [0, 0.05) is 6.04 Å². The second-order valence-corrected chi connectivity index (χ2v) is 4.14. The maximum Gasteiger partial charge on any atom is 0.138 e. The number of ether oxygens (including phenoxy) is 1. The summed E-state index contributed by atoms with van der Waals surface area (Å²) in [6.07, 6.45) is 3.50. The molecule has 2 N–H and O–H groups in total. The average molecular weight is 240 g/mol. The molecule has 2 nitrogen and oxygen atoms in total. The van der Waals surface area contributed by atoms with Crippen LogP contribution in [0.4, 0.5) is 0 Å². The monoisotopic (exact) mass is 239 g/mol. The Morgan fingerprint density at radius 2 is 2.31 bits per heavy atom. The van der Waals surface area contributed by atoms with Crippen molar-refractivity contribution in [1.29, 1.82) is 0 Å².